The Labute approximate surface area is 106 Å². The highest BCUT2D eigenvalue weighted by Gasteiger charge is 2.16. The van der Waals surface area contributed by atoms with E-state index in [1.807, 2.05) is 24.3 Å². The number of aromatic nitrogens is 1. The molecule has 0 aliphatic heterocycles. The molecular formula is C14H16FN3. The van der Waals surface area contributed by atoms with E-state index in [-0.39, 0.29) is 11.9 Å². The monoisotopic (exact) mass is 245 g/mol. The number of nitrogens with one attached hydrogen (secondary N) is 1. The predicted molar refractivity (Wildman–Crippen MR) is 69.1 cm³/mol. The van der Waals surface area contributed by atoms with Crippen LogP contribution in [0.1, 0.15) is 22.9 Å². The molecule has 0 fully saturated rings. The number of rotatable bonds is 4. The Bertz CT molecular complexity index is 514. The van der Waals surface area contributed by atoms with Crippen LogP contribution in [0.4, 0.5) is 4.39 Å². The summed E-state index contributed by atoms with van der Waals surface area (Å²) in [7, 11) is 0. The molecule has 0 saturated carbocycles. The third-order valence-electron chi connectivity index (χ3n) is 2.94. The molecule has 0 spiro atoms. The summed E-state index contributed by atoms with van der Waals surface area (Å²) in [5.74, 6) is 5.32. The van der Waals surface area contributed by atoms with Gasteiger partial charge in [0.2, 0.25) is 0 Å². The van der Waals surface area contributed by atoms with Crippen LogP contribution in [0.5, 0.6) is 0 Å². The lowest BCUT2D eigenvalue weighted by atomic mass is 9.99. The second-order valence-electron chi connectivity index (χ2n) is 4.22. The van der Waals surface area contributed by atoms with Crippen molar-refractivity contribution in [1.29, 1.82) is 0 Å². The highest BCUT2D eigenvalue weighted by atomic mass is 19.1. The fraction of sp³-hybridized carbons (Fsp3) is 0.214. The van der Waals surface area contributed by atoms with Crippen molar-refractivity contribution in [3.05, 3.63) is 65.2 Å². The van der Waals surface area contributed by atoms with E-state index >= 15 is 0 Å². The number of hydrogen-bond donors (Lipinski definition) is 2. The SMILES string of the molecule is Cc1cccc(C(Cc2ccccn2)NN)c1F. The van der Waals surface area contributed by atoms with Crippen LogP contribution in [0.2, 0.25) is 0 Å². The second-order valence-corrected chi connectivity index (χ2v) is 4.22. The van der Waals surface area contributed by atoms with Crippen molar-refractivity contribution in [2.75, 3.05) is 0 Å². The van der Waals surface area contributed by atoms with Crippen molar-refractivity contribution in [2.45, 2.75) is 19.4 Å². The van der Waals surface area contributed by atoms with Gasteiger partial charge in [-0.15, -0.1) is 0 Å². The molecule has 1 unspecified atom stereocenters. The van der Waals surface area contributed by atoms with Crippen LogP contribution in [0.15, 0.2) is 42.6 Å². The molecule has 3 N–H and O–H groups in total. The number of hydrazine groups is 1. The van der Waals surface area contributed by atoms with Gasteiger partial charge in [-0.1, -0.05) is 24.3 Å². The minimum absolute atomic E-state index is 0.212. The molecule has 94 valence electrons. The molecule has 0 radical (unpaired) electrons. The van der Waals surface area contributed by atoms with E-state index in [4.69, 9.17) is 5.84 Å². The number of halogens is 1. The first kappa shape index (κ1) is 12.7. The second kappa shape index (κ2) is 5.71. The standard InChI is InChI=1S/C14H16FN3/c1-10-5-4-7-12(14(10)15)13(18-16)9-11-6-2-3-8-17-11/h2-8,13,18H,9,16H2,1H3. The lowest BCUT2D eigenvalue weighted by Crippen LogP contribution is -2.30. The average molecular weight is 245 g/mol. The van der Waals surface area contributed by atoms with Crippen molar-refractivity contribution in [3.8, 4) is 0 Å². The van der Waals surface area contributed by atoms with Gasteiger partial charge in [0.25, 0.3) is 0 Å². The minimum Gasteiger partial charge on any atom is -0.271 e. The molecule has 1 aromatic heterocycles. The molecular weight excluding hydrogens is 229 g/mol. The van der Waals surface area contributed by atoms with Gasteiger partial charge in [-0.3, -0.25) is 16.3 Å². The summed E-state index contributed by atoms with van der Waals surface area (Å²) in [4.78, 5) is 4.23. The smallest absolute Gasteiger partial charge is 0.130 e. The van der Waals surface area contributed by atoms with Gasteiger partial charge in [0.1, 0.15) is 5.82 Å². The van der Waals surface area contributed by atoms with Crippen molar-refractivity contribution < 1.29 is 4.39 Å². The van der Waals surface area contributed by atoms with E-state index in [0.29, 0.717) is 17.5 Å². The molecule has 2 rings (SSSR count). The first-order valence-corrected chi connectivity index (χ1v) is 5.83. The molecule has 0 saturated heterocycles. The predicted octanol–water partition coefficient (Wildman–Crippen LogP) is 2.28. The number of hydrogen-bond acceptors (Lipinski definition) is 3. The number of aryl methyl sites for hydroxylation is 1. The highest BCUT2D eigenvalue weighted by Crippen LogP contribution is 2.21. The fourth-order valence-corrected chi connectivity index (χ4v) is 1.93. The largest absolute Gasteiger partial charge is 0.271 e. The molecule has 18 heavy (non-hydrogen) atoms. The number of pyridine rings is 1. The molecule has 3 nitrogen and oxygen atoms in total. The lowest BCUT2D eigenvalue weighted by molar-refractivity contribution is 0.504. The first-order valence-electron chi connectivity index (χ1n) is 5.83. The Morgan fingerprint density at radius 1 is 1.28 bits per heavy atom. The van der Waals surface area contributed by atoms with Crippen LogP contribution in [-0.2, 0) is 6.42 Å². The maximum absolute atomic E-state index is 14.0. The fourth-order valence-electron chi connectivity index (χ4n) is 1.93. The minimum atomic E-state index is -0.278. The summed E-state index contributed by atoms with van der Waals surface area (Å²) in [5.41, 5.74) is 4.72. The Morgan fingerprint density at radius 2 is 2.11 bits per heavy atom. The van der Waals surface area contributed by atoms with Gasteiger partial charge in [0.15, 0.2) is 0 Å². The zero-order valence-electron chi connectivity index (χ0n) is 10.2. The van der Waals surface area contributed by atoms with Crippen LogP contribution >= 0.6 is 0 Å². The van der Waals surface area contributed by atoms with Gasteiger partial charge >= 0.3 is 0 Å². The van der Waals surface area contributed by atoms with E-state index in [0.717, 1.165) is 5.69 Å². The Balaban J connectivity index is 2.26. The zero-order valence-corrected chi connectivity index (χ0v) is 10.2. The van der Waals surface area contributed by atoms with Crippen LogP contribution in [0, 0.1) is 12.7 Å². The normalized spacial score (nSPS) is 12.4. The van der Waals surface area contributed by atoms with Crippen LogP contribution in [-0.4, -0.2) is 4.98 Å². The maximum Gasteiger partial charge on any atom is 0.130 e. The van der Waals surface area contributed by atoms with E-state index in [9.17, 15) is 4.39 Å². The molecule has 4 heteroatoms. The summed E-state index contributed by atoms with van der Waals surface area (Å²) in [5, 5.41) is 0. The summed E-state index contributed by atoms with van der Waals surface area (Å²) in [6, 6.07) is 10.7. The quantitative estimate of drug-likeness (QED) is 0.642. The van der Waals surface area contributed by atoms with E-state index in [2.05, 4.69) is 10.4 Å². The van der Waals surface area contributed by atoms with Gasteiger partial charge in [0, 0.05) is 23.9 Å². The van der Waals surface area contributed by atoms with E-state index < -0.39 is 0 Å². The molecule has 0 aliphatic carbocycles. The van der Waals surface area contributed by atoms with Crippen molar-refractivity contribution in [2.24, 2.45) is 5.84 Å². The van der Waals surface area contributed by atoms with Crippen molar-refractivity contribution in [3.63, 3.8) is 0 Å². The average Bonchev–Trinajstić information content (AvgIpc) is 2.41. The van der Waals surface area contributed by atoms with Crippen LogP contribution in [0.3, 0.4) is 0 Å². The summed E-state index contributed by atoms with van der Waals surface area (Å²) in [6.45, 7) is 1.74. The van der Waals surface area contributed by atoms with Gasteiger partial charge in [0.05, 0.1) is 6.04 Å². The third kappa shape index (κ3) is 2.72. The van der Waals surface area contributed by atoms with E-state index in [1.165, 1.54) is 0 Å². The van der Waals surface area contributed by atoms with Gasteiger partial charge in [-0.2, -0.15) is 0 Å². The number of nitrogens with two attached hydrogens (primary N) is 1. The van der Waals surface area contributed by atoms with Crippen LogP contribution < -0.4 is 11.3 Å². The van der Waals surface area contributed by atoms with Gasteiger partial charge in [-0.25, -0.2) is 4.39 Å². The topological polar surface area (TPSA) is 50.9 Å². The van der Waals surface area contributed by atoms with Crippen molar-refractivity contribution in [1.82, 2.24) is 10.4 Å². The zero-order chi connectivity index (χ0) is 13.0. The Morgan fingerprint density at radius 3 is 2.78 bits per heavy atom. The molecule has 1 aromatic carbocycles. The van der Waals surface area contributed by atoms with E-state index in [1.54, 1.807) is 25.3 Å². The van der Waals surface area contributed by atoms with Crippen LogP contribution in [0.25, 0.3) is 0 Å². The molecule has 2 aromatic rings. The summed E-state index contributed by atoms with van der Waals surface area (Å²) >= 11 is 0. The van der Waals surface area contributed by atoms with Gasteiger partial charge < -0.3 is 0 Å². The molecule has 0 bridgehead atoms. The molecule has 1 atom stereocenters. The van der Waals surface area contributed by atoms with Gasteiger partial charge in [-0.05, 0) is 24.6 Å². The molecule has 0 amide bonds. The Kier molecular flexibility index (Phi) is 4.02. The Hall–Kier alpha value is -1.78. The third-order valence-corrected chi connectivity index (χ3v) is 2.94. The number of nitrogens with zero attached hydrogens (tertiary/aromatic N) is 1. The number of benzene rings is 1. The highest BCUT2D eigenvalue weighted by molar-refractivity contribution is 5.28. The summed E-state index contributed by atoms with van der Waals surface area (Å²) < 4.78 is 14.0. The molecule has 0 aliphatic rings. The van der Waals surface area contributed by atoms with Crippen molar-refractivity contribution >= 4 is 0 Å². The summed E-state index contributed by atoms with van der Waals surface area (Å²) in [6.07, 6.45) is 2.27. The maximum atomic E-state index is 14.0. The molecule has 1 heterocycles. The first-order chi connectivity index (χ1) is 8.72. The lowest BCUT2D eigenvalue weighted by Gasteiger charge is -2.17.